The first-order valence-electron chi connectivity index (χ1n) is 6.00. The summed E-state index contributed by atoms with van der Waals surface area (Å²) in [7, 11) is 0. The third-order valence-electron chi connectivity index (χ3n) is 2.90. The van der Waals surface area contributed by atoms with E-state index in [2.05, 4.69) is 10.2 Å². The van der Waals surface area contributed by atoms with Crippen molar-refractivity contribution in [2.75, 3.05) is 13.1 Å². The second-order valence-corrected chi connectivity index (χ2v) is 5.65. The number of nitrogens with zero attached hydrogens (tertiary/aromatic N) is 2. The lowest BCUT2D eigenvalue weighted by Crippen LogP contribution is -2.38. The molecular weight excluding hydrogens is 234 g/mol. The first-order valence-corrected chi connectivity index (χ1v) is 6.00. The Bertz CT molecular complexity index is 424. The molecule has 100 valence electrons. The summed E-state index contributed by atoms with van der Waals surface area (Å²) in [5.41, 5.74) is -0.937. The maximum Gasteiger partial charge on any atom is 0.410 e. The van der Waals surface area contributed by atoms with E-state index in [0.717, 1.165) is 0 Å². The molecule has 1 unspecified atom stereocenters. The highest BCUT2D eigenvalue weighted by molar-refractivity contribution is 5.68. The van der Waals surface area contributed by atoms with Crippen LogP contribution in [0.3, 0.4) is 0 Å². The molecule has 0 saturated carbocycles. The summed E-state index contributed by atoms with van der Waals surface area (Å²) in [6.45, 7) is 6.17. The van der Waals surface area contributed by atoms with Gasteiger partial charge in [-0.1, -0.05) is 0 Å². The summed E-state index contributed by atoms with van der Waals surface area (Å²) in [5, 5.41) is 17.0. The van der Waals surface area contributed by atoms with E-state index in [9.17, 15) is 9.90 Å². The molecular formula is C12H19N3O3. The zero-order chi connectivity index (χ0) is 13.4. The van der Waals surface area contributed by atoms with Crippen LogP contribution in [0.4, 0.5) is 4.79 Å². The molecule has 1 aliphatic heterocycles. The standard InChI is InChI=1S/C12H19N3O3/c1-11(2,3)18-10(16)15-7-5-12(17,8-15)9-4-6-13-14-9/h4,6,17H,5,7-8H2,1-3H3,(H,13,14). The molecule has 0 radical (unpaired) electrons. The number of aromatic amines is 1. The van der Waals surface area contributed by atoms with E-state index in [0.29, 0.717) is 18.7 Å². The smallest absolute Gasteiger partial charge is 0.410 e. The quantitative estimate of drug-likeness (QED) is 0.789. The SMILES string of the molecule is CC(C)(C)OC(=O)N1CCC(O)(c2ccn[nH]2)C1. The van der Waals surface area contributed by atoms with Gasteiger partial charge in [-0.2, -0.15) is 5.10 Å². The Morgan fingerprint density at radius 3 is 2.89 bits per heavy atom. The molecule has 2 rings (SSSR count). The number of aliphatic hydroxyl groups is 1. The molecule has 1 amide bonds. The van der Waals surface area contributed by atoms with Gasteiger partial charge in [0, 0.05) is 19.2 Å². The van der Waals surface area contributed by atoms with E-state index < -0.39 is 17.3 Å². The highest BCUT2D eigenvalue weighted by atomic mass is 16.6. The van der Waals surface area contributed by atoms with Crippen molar-refractivity contribution >= 4 is 6.09 Å². The zero-order valence-electron chi connectivity index (χ0n) is 10.9. The molecule has 2 heterocycles. The lowest BCUT2D eigenvalue weighted by Gasteiger charge is -2.25. The Morgan fingerprint density at radius 1 is 1.61 bits per heavy atom. The molecule has 6 heteroatoms. The molecule has 6 nitrogen and oxygen atoms in total. The van der Waals surface area contributed by atoms with Gasteiger partial charge in [0.15, 0.2) is 0 Å². The summed E-state index contributed by atoms with van der Waals surface area (Å²) >= 11 is 0. The topological polar surface area (TPSA) is 78.4 Å². The van der Waals surface area contributed by atoms with Crippen molar-refractivity contribution in [2.45, 2.75) is 38.4 Å². The van der Waals surface area contributed by atoms with Crippen LogP contribution < -0.4 is 0 Å². The molecule has 1 aliphatic rings. The van der Waals surface area contributed by atoms with Crippen LogP contribution in [-0.2, 0) is 10.3 Å². The van der Waals surface area contributed by atoms with Gasteiger partial charge in [0.25, 0.3) is 0 Å². The van der Waals surface area contributed by atoms with Crippen LogP contribution in [0, 0.1) is 0 Å². The molecule has 0 aliphatic carbocycles. The van der Waals surface area contributed by atoms with Gasteiger partial charge in [-0.05, 0) is 26.8 Å². The number of carbonyl (C=O) groups excluding carboxylic acids is 1. The Balaban J connectivity index is 2.02. The van der Waals surface area contributed by atoms with Crippen LogP contribution >= 0.6 is 0 Å². The number of β-amino-alcohol motifs (C(OH)–C–C–N with tert-alkyl or cyclic N) is 1. The van der Waals surface area contributed by atoms with Crippen molar-refractivity contribution in [1.82, 2.24) is 15.1 Å². The minimum Gasteiger partial charge on any atom is -0.444 e. The number of carbonyl (C=O) groups is 1. The number of rotatable bonds is 1. The summed E-state index contributed by atoms with van der Waals surface area (Å²) in [4.78, 5) is 13.4. The van der Waals surface area contributed by atoms with E-state index in [1.54, 1.807) is 12.3 Å². The number of nitrogens with one attached hydrogen (secondary N) is 1. The predicted molar refractivity (Wildman–Crippen MR) is 64.9 cm³/mol. The maximum atomic E-state index is 11.9. The van der Waals surface area contributed by atoms with Gasteiger partial charge in [-0.3, -0.25) is 5.10 Å². The number of likely N-dealkylation sites (tertiary alicyclic amines) is 1. The van der Waals surface area contributed by atoms with Crippen molar-refractivity contribution in [3.63, 3.8) is 0 Å². The normalized spacial score (nSPS) is 24.3. The van der Waals surface area contributed by atoms with Gasteiger partial charge in [0.1, 0.15) is 11.2 Å². The molecule has 1 saturated heterocycles. The molecule has 1 atom stereocenters. The van der Waals surface area contributed by atoms with Crippen LogP contribution in [0.25, 0.3) is 0 Å². The third-order valence-corrected chi connectivity index (χ3v) is 2.90. The highest BCUT2D eigenvalue weighted by Gasteiger charge is 2.41. The Kier molecular flexibility index (Phi) is 3.06. The van der Waals surface area contributed by atoms with Gasteiger partial charge < -0.3 is 14.7 Å². The van der Waals surface area contributed by atoms with E-state index >= 15 is 0 Å². The lowest BCUT2D eigenvalue weighted by molar-refractivity contribution is 0.0126. The van der Waals surface area contributed by atoms with Crippen molar-refractivity contribution < 1.29 is 14.6 Å². The summed E-state index contributed by atoms with van der Waals surface area (Å²) in [6.07, 6.45) is 1.68. The molecule has 1 fully saturated rings. The van der Waals surface area contributed by atoms with Gasteiger partial charge in [-0.25, -0.2) is 4.79 Å². The second kappa shape index (κ2) is 4.28. The minimum atomic E-state index is -1.05. The van der Waals surface area contributed by atoms with Crippen molar-refractivity contribution in [1.29, 1.82) is 0 Å². The van der Waals surface area contributed by atoms with E-state index in [1.807, 2.05) is 20.8 Å². The maximum absolute atomic E-state index is 11.9. The van der Waals surface area contributed by atoms with E-state index in [1.165, 1.54) is 4.90 Å². The Labute approximate surface area is 106 Å². The van der Waals surface area contributed by atoms with Crippen LogP contribution in [-0.4, -0.2) is 45.0 Å². The Morgan fingerprint density at radius 2 is 2.33 bits per heavy atom. The van der Waals surface area contributed by atoms with Crippen LogP contribution in [0.1, 0.15) is 32.9 Å². The van der Waals surface area contributed by atoms with E-state index in [-0.39, 0.29) is 6.54 Å². The fourth-order valence-electron chi connectivity index (χ4n) is 2.01. The molecule has 1 aromatic rings. The van der Waals surface area contributed by atoms with Crippen molar-refractivity contribution in [2.24, 2.45) is 0 Å². The molecule has 1 aromatic heterocycles. The van der Waals surface area contributed by atoms with Crippen LogP contribution in [0.2, 0.25) is 0 Å². The summed E-state index contributed by atoms with van der Waals surface area (Å²) < 4.78 is 5.28. The summed E-state index contributed by atoms with van der Waals surface area (Å²) in [5.74, 6) is 0. The molecule has 0 aromatic carbocycles. The van der Waals surface area contributed by atoms with Gasteiger partial charge >= 0.3 is 6.09 Å². The number of aromatic nitrogens is 2. The summed E-state index contributed by atoms with van der Waals surface area (Å²) in [6, 6.07) is 1.72. The van der Waals surface area contributed by atoms with Gasteiger partial charge in [-0.15, -0.1) is 0 Å². The number of H-pyrrole nitrogens is 1. The van der Waals surface area contributed by atoms with Crippen LogP contribution in [0.5, 0.6) is 0 Å². The van der Waals surface area contributed by atoms with Crippen LogP contribution in [0.15, 0.2) is 12.3 Å². The average molecular weight is 253 g/mol. The largest absolute Gasteiger partial charge is 0.444 e. The first kappa shape index (κ1) is 12.9. The van der Waals surface area contributed by atoms with E-state index in [4.69, 9.17) is 4.74 Å². The number of hydrogen-bond acceptors (Lipinski definition) is 4. The fraction of sp³-hybridized carbons (Fsp3) is 0.667. The van der Waals surface area contributed by atoms with Gasteiger partial charge in [0.05, 0.1) is 12.2 Å². The minimum absolute atomic E-state index is 0.226. The highest BCUT2D eigenvalue weighted by Crippen LogP contribution is 2.31. The molecule has 0 bridgehead atoms. The Hall–Kier alpha value is -1.56. The monoisotopic (exact) mass is 253 g/mol. The number of hydrogen-bond donors (Lipinski definition) is 2. The second-order valence-electron chi connectivity index (χ2n) is 5.65. The number of amides is 1. The first-order chi connectivity index (χ1) is 8.30. The third kappa shape index (κ3) is 2.64. The van der Waals surface area contributed by atoms with Crippen molar-refractivity contribution in [3.8, 4) is 0 Å². The van der Waals surface area contributed by atoms with Crippen molar-refractivity contribution in [3.05, 3.63) is 18.0 Å². The van der Waals surface area contributed by atoms with Gasteiger partial charge in [0.2, 0.25) is 0 Å². The fourth-order valence-corrected chi connectivity index (χ4v) is 2.01. The molecule has 18 heavy (non-hydrogen) atoms. The molecule has 0 spiro atoms. The lowest BCUT2D eigenvalue weighted by atomic mass is 9.99. The molecule has 2 N–H and O–H groups in total. The number of ether oxygens (including phenoxy) is 1. The predicted octanol–water partition coefficient (Wildman–Crippen LogP) is 1.24. The average Bonchev–Trinajstić information content (AvgIpc) is 2.83. The zero-order valence-corrected chi connectivity index (χ0v) is 10.9.